The van der Waals surface area contributed by atoms with E-state index < -0.39 is 0 Å². The first-order valence-electron chi connectivity index (χ1n) is 5.82. The maximum absolute atomic E-state index is 10.2. The Labute approximate surface area is 96.9 Å². The Morgan fingerprint density at radius 3 is 2.25 bits per heavy atom. The van der Waals surface area contributed by atoms with E-state index in [1.54, 1.807) is 12.2 Å². The molecule has 0 aromatic carbocycles. The number of hydrogen-bond donors (Lipinski definition) is 0. The molecule has 0 saturated carbocycles. The normalized spacial score (nSPS) is 13.4. The molecule has 0 aliphatic rings. The van der Waals surface area contributed by atoms with Crippen molar-refractivity contribution in [3.05, 3.63) is 0 Å². The number of hydrogen-bond acceptors (Lipinski definition) is 4. The summed E-state index contributed by atoms with van der Waals surface area (Å²) in [6.07, 6.45) is 8.09. The van der Waals surface area contributed by atoms with Crippen molar-refractivity contribution < 1.29 is 9.59 Å². The fraction of sp³-hybridized carbons (Fsp3) is 0.833. The summed E-state index contributed by atoms with van der Waals surface area (Å²) in [4.78, 5) is 27.5. The molecule has 0 aliphatic carbocycles. The van der Waals surface area contributed by atoms with E-state index in [0.29, 0.717) is 13.1 Å². The summed E-state index contributed by atoms with van der Waals surface area (Å²) in [5.74, 6) is 0. The molecule has 0 spiro atoms. The number of rotatable bonds is 9. The van der Waals surface area contributed by atoms with Gasteiger partial charge in [-0.15, -0.1) is 0 Å². The van der Waals surface area contributed by atoms with E-state index in [1.807, 2.05) is 0 Å². The third-order valence-corrected chi connectivity index (χ3v) is 3.11. The van der Waals surface area contributed by atoms with Crippen molar-refractivity contribution in [2.24, 2.45) is 15.4 Å². The minimum atomic E-state index is -0.00618. The zero-order chi connectivity index (χ0) is 12.3. The number of unbranched alkanes of at least 4 members (excludes halogenated alkanes) is 1. The minimum Gasteiger partial charge on any atom is -0.211 e. The molecule has 1 unspecified atom stereocenters. The van der Waals surface area contributed by atoms with Gasteiger partial charge in [0.25, 0.3) is 0 Å². The molecule has 4 heteroatoms. The molecule has 0 bridgehead atoms. The highest BCUT2D eigenvalue weighted by molar-refractivity contribution is 5.33. The van der Waals surface area contributed by atoms with Gasteiger partial charge in [-0.3, -0.25) is 0 Å². The highest BCUT2D eigenvalue weighted by atomic mass is 16.1. The van der Waals surface area contributed by atoms with Crippen LogP contribution in [0.2, 0.25) is 0 Å². The molecule has 0 aromatic rings. The Balaban J connectivity index is 4.50. The molecule has 0 N–H and O–H groups in total. The van der Waals surface area contributed by atoms with Crippen LogP contribution in [0.5, 0.6) is 0 Å². The van der Waals surface area contributed by atoms with Crippen molar-refractivity contribution in [3.8, 4) is 0 Å². The molecule has 0 heterocycles. The summed E-state index contributed by atoms with van der Waals surface area (Å²) in [7, 11) is 0. The van der Waals surface area contributed by atoms with E-state index in [9.17, 15) is 9.59 Å². The van der Waals surface area contributed by atoms with Gasteiger partial charge < -0.3 is 0 Å². The maximum atomic E-state index is 10.2. The van der Waals surface area contributed by atoms with Crippen LogP contribution in [0.15, 0.2) is 9.98 Å². The zero-order valence-electron chi connectivity index (χ0n) is 10.2. The molecule has 0 aliphatic heterocycles. The van der Waals surface area contributed by atoms with Gasteiger partial charge in [-0.05, 0) is 24.7 Å². The molecule has 0 rings (SSSR count). The van der Waals surface area contributed by atoms with Crippen molar-refractivity contribution in [3.63, 3.8) is 0 Å². The Morgan fingerprint density at radius 2 is 1.75 bits per heavy atom. The molecular weight excluding hydrogens is 204 g/mol. The van der Waals surface area contributed by atoms with Crippen molar-refractivity contribution in [1.29, 1.82) is 0 Å². The molecule has 4 nitrogen and oxygen atoms in total. The molecule has 1 atom stereocenters. The van der Waals surface area contributed by atoms with Crippen LogP contribution < -0.4 is 0 Å². The van der Waals surface area contributed by atoms with Crippen molar-refractivity contribution in [2.75, 3.05) is 13.1 Å². The van der Waals surface area contributed by atoms with Gasteiger partial charge >= 0.3 is 0 Å². The fourth-order valence-corrected chi connectivity index (χ4v) is 1.84. The fourth-order valence-electron chi connectivity index (χ4n) is 1.84. The summed E-state index contributed by atoms with van der Waals surface area (Å²) >= 11 is 0. The average molecular weight is 224 g/mol. The number of carbonyl (C=O) groups excluding carboxylic acids is 2. The summed E-state index contributed by atoms with van der Waals surface area (Å²) < 4.78 is 0. The van der Waals surface area contributed by atoms with Crippen LogP contribution in [-0.2, 0) is 9.59 Å². The first-order valence-corrected chi connectivity index (χ1v) is 5.82. The Bertz CT molecular complexity index is 279. The Hall–Kier alpha value is -1.24. The van der Waals surface area contributed by atoms with E-state index in [-0.39, 0.29) is 5.41 Å². The van der Waals surface area contributed by atoms with Gasteiger partial charge in [-0.25, -0.2) is 19.6 Å². The summed E-state index contributed by atoms with van der Waals surface area (Å²) in [6.45, 7) is 5.17. The minimum absolute atomic E-state index is 0.00618. The lowest BCUT2D eigenvalue weighted by Crippen LogP contribution is -2.25. The highest BCUT2D eigenvalue weighted by Gasteiger charge is 2.26. The van der Waals surface area contributed by atoms with Gasteiger partial charge in [0.15, 0.2) is 0 Å². The van der Waals surface area contributed by atoms with Gasteiger partial charge in [0.05, 0.1) is 13.1 Å². The molecular formula is C12H20N2O2. The predicted octanol–water partition coefficient (Wildman–Crippen LogP) is 2.63. The molecule has 16 heavy (non-hydrogen) atoms. The third-order valence-electron chi connectivity index (χ3n) is 3.11. The number of isocyanates is 2. The Morgan fingerprint density at radius 1 is 1.06 bits per heavy atom. The van der Waals surface area contributed by atoms with Crippen molar-refractivity contribution in [1.82, 2.24) is 0 Å². The lowest BCUT2D eigenvalue weighted by atomic mass is 9.77. The van der Waals surface area contributed by atoms with Crippen LogP contribution in [0.25, 0.3) is 0 Å². The highest BCUT2D eigenvalue weighted by Crippen LogP contribution is 2.33. The van der Waals surface area contributed by atoms with Crippen LogP contribution in [0.3, 0.4) is 0 Å². The van der Waals surface area contributed by atoms with Crippen LogP contribution >= 0.6 is 0 Å². The number of aliphatic imine (C=N–C) groups is 2. The second kappa shape index (κ2) is 9.02. The van der Waals surface area contributed by atoms with E-state index in [4.69, 9.17) is 0 Å². The van der Waals surface area contributed by atoms with E-state index in [0.717, 1.165) is 32.1 Å². The third kappa shape index (κ3) is 5.59. The summed E-state index contributed by atoms with van der Waals surface area (Å²) in [6, 6.07) is 0. The van der Waals surface area contributed by atoms with E-state index >= 15 is 0 Å². The monoisotopic (exact) mass is 224 g/mol. The zero-order valence-corrected chi connectivity index (χ0v) is 10.2. The topological polar surface area (TPSA) is 58.9 Å². The molecule has 0 amide bonds. The molecule has 0 fully saturated rings. The number of nitrogens with zero attached hydrogens (tertiary/aromatic N) is 2. The van der Waals surface area contributed by atoms with Crippen molar-refractivity contribution in [2.45, 2.75) is 46.0 Å². The molecule has 0 aromatic heterocycles. The summed E-state index contributed by atoms with van der Waals surface area (Å²) in [5.41, 5.74) is -0.00618. The largest absolute Gasteiger partial charge is 0.234 e. The van der Waals surface area contributed by atoms with Crippen LogP contribution in [0.4, 0.5) is 0 Å². The second-order valence-corrected chi connectivity index (χ2v) is 4.09. The lowest BCUT2D eigenvalue weighted by Gasteiger charge is -2.30. The molecule has 0 radical (unpaired) electrons. The second-order valence-electron chi connectivity index (χ2n) is 4.09. The van der Waals surface area contributed by atoms with E-state index in [1.165, 1.54) is 0 Å². The van der Waals surface area contributed by atoms with Crippen molar-refractivity contribution >= 4 is 12.2 Å². The predicted molar refractivity (Wildman–Crippen MR) is 62.8 cm³/mol. The maximum Gasteiger partial charge on any atom is 0.234 e. The van der Waals surface area contributed by atoms with Crippen LogP contribution in [-0.4, -0.2) is 25.2 Å². The van der Waals surface area contributed by atoms with Gasteiger partial charge in [0.1, 0.15) is 0 Å². The van der Waals surface area contributed by atoms with Gasteiger partial charge in [-0.1, -0.05) is 26.7 Å². The molecule has 90 valence electrons. The van der Waals surface area contributed by atoms with Crippen LogP contribution in [0, 0.1) is 5.41 Å². The first kappa shape index (κ1) is 14.8. The average Bonchev–Trinajstić information content (AvgIpc) is 2.32. The molecule has 0 saturated heterocycles. The quantitative estimate of drug-likeness (QED) is 0.446. The Kier molecular flexibility index (Phi) is 8.32. The first-order chi connectivity index (χ1) is 7.74. The SMILES string of the molecule is CCCCC(CC)(CCN=C=O)CN=C=O. The standard InChI is InChI=1S/C12H20N2O2/c1-3-5-6-12(4-2,9-14-11-16)7-8-13-10-15/h3-9H2,1-2H3. The summed E-state index contributed by atoms with van der Waals surface area (Å²) in [5, 5.41) is 0. The van der Waals surface area contributed by atoms with Gasteiger partial charge in [0.2, 0.25) is 12.2 Å². The van der Waals surface area contributed by atoms with Gasteiger partial charge in [0, 0.05) is 0 Å². The van der Waals surface area contributed by atoms with Gasteiger partial charge in [-0.2, -0.15) is 0 Å². The van der Waals surface area contributed by atoms with Crippen LogP contribution in [0.1, 0.15) is 46.0 Å². The smallest absolute Gasteiger partial charge is 0.211 e. The van der Waals surface area contributed by atoms with E-state index in [2.05, 4.69) is 23.8 Å². The lowest BCUT2D eigenvalue weighted by molar-refractivity contribution is 0.237.